The summed E-state index contributed by atoms with van der Waals surface area (Å²) in [5, 5.41) is 18.2. The van der Waals surface area contributed by atoms with E-state index in [0.29, 0.717) is 13.2 Å². The molecule has 2 aliphatic rings. The van der Waals surface area contributed by atoms with Crippen LogP contribution in [-0.2, 0) is 24.0 Å². The fourth-order valence-corrected chi connectivity index (χ4v) is 5.76. The lowest BCUT2D eigenvalue weighted by molar-refractivity contribution is 0.162. The highest BCUT2D eigenvalue weighted by Gasteiger charge is 2.59. The van der Waals surface area contributed by atoms with E-state index in [-0.39, 0.29) is 23.7 Å². The van der Waals surface area contributed by atoms with Gasteiger partial charge in [0, 0.05) is 13.2 Å². The van der Waals surface area contributed by atoms with Gasteiger partial charge < -0.3 is 24.4 Å². The van der Waals surface area contributed by atoms with Gasteiger partial charge in [0.25, 0.3) is 0 Å². The molecule has 0 bridgehead atoms. The van der Waals surface area contributed by atoms with Gasteiger partial charge in [0.1, 0.15) is 11.5 Å². The molecule has 2 aromatic carbocycles. The van der Waals surface area contributed by atoms with Crippen LogP contribution in [0.15, 0.2) is 48.5 Å². The number of sulfone groups is 1. The van der Waals surface area contributed by atoms with Crippen molar-refractivity contribution in [3.8, 4) is 22.6 Å². The molecule has 0 spiro atoms. The number of ether oxygens (including phenoxy) is 3. The highest BCUT2D eigenvalue weighted by molar-refractivity contribution is 7.94. The van der Waals surface area contributed by atoms with Crippen LogP contribution < -0.4 is 0 Å². The van der Waals surface area contributed by atoms with E-state index in [1.54, 1.807) is 52.0 Å². The zero-order chi connectivity index (χ0) is 25.6. The minimum atomic E-state index is -3.26. The molecule has 8 heteroatoms. The third kappa shape index (κ3) is 6.95. The van der Waals surface area contributed by atoms with Gasteiger partial charge in [-0.25, -0.2) is 8.42 Å². The van der Waals surface area contributed by atoms with Crippen molar-refractivity contribution in [2.24, 2.45) is 0 Å². The van der Waals surface area contributed by atoms with Crippen molar-refractivity contribution in [1.82, 2.24) is 0 Å². The van der Waals surface area contributed by atoms with Gasteiger partial charge in [0.2, 0.25) is 0 Å². The Labute approximate surface area is 203 Å². The lowest BCUT2D eigenvalue weighted by Gasteiger charge is -2.33. The number of hydrogen-bond acceptors (Lipinski definition) is 7. The molecule has 0 saturated carbocycles. The maximum absolute atomic E-state index is 12.5. The lowest BCUT2D eigenvalue weighted by atomic mass is 10.1. The van der Waals surface area contributed by atoms with E-state index < -0.39 is 19.3 Å². The molecule has 2 saturated heterocycles. The van der Waals surface area contributed by atoms with Gasteiger partial charge >= 0.3 is 0 Å². The summed E-state index contributed by atoms with van der Waals surface area (Å²) < 4.78 is 38.4. The van der Waals surface area contributed by atoms with Crippen molar-refractivity contribution >= 4 is 9.84 Å². The molecule has 0 aliphatic carbocycles. The second-order valence-electron chi connectivity index (χ2n) is 9.23. The van der Waals surface area contributed by atoms with E-state index >= 15 is 0 Å². The van der Waals surface area contributed by atoms with Crippen molar-refractivity contribution in [3.05, 3.63) is 48.5 Å². The van der Waals surface area contributed by atoms with Gasteiger partial charge in [-0.3, -0.25) is 0 Å². The van der Waals surface area contributed by atoms with Gasteiger partial charge in [0.05, 0.1) is 34.9 Å². The van der Waals surface area contributed by atoms with Gasteiger partial charge in [-0.2, -0.15) is 0 Å². The fraction of sp³-hybridized carbons (Fsp3) is 0.538. The second kappa shape index (κ2) is 11.5. The molecule has 0 aromatic heterocycles. The summed E-state index contributed by atoms with van der Waals surface area (Å²) in [6.45, 7) is 13.7. The Morgan fingerprint density at radius 3 is 1.26 bits per heavy atom. The van der Waals surface area contributed by atoms with E-state index in [2.05, 4.69) is 0 Å². The van der Waals surface area contributed by atoms with Gasteiger partial charge in [0.15, 0.2) is 9.84 Å². The highest BCUT2D eigenvalue weighted by atomic mass is 32.2. The maximum atomic E-state index is 12.5. The van der Waals surface area contributed by atoms with E-state index in [4.69, 9.17) is 24.4 Å². The molecule has 190 valence electrons. The average molecular weight is 495 g/mol. The monoisotopic (exact) mass is 494 g/mol. The number of hydrogen-bond donors (Lipinski definition) is 2. The van der Waals surface area contributed by atoms with Crippen LogP contribution in [0.4, 0.5) is 0 Å². The normalized spacial score (nSPS) is 19.2. The standard InChI is InChI=1S/C12H10O2.C10H18O4S.C4H10O/c13-11-5-1-9(2-6-11)10-3-7-12(14)8-4-10;1-9(2,7-5-13-7)15(11,12)10(3,4)8-6-14-8;1-3-5-4-2/h1-8,13-14H;7-8H,5-6H2,1-4H3;3-4H2,1-2H3. The van der Waals surface area contributed by atoms with E-state index in [9.17, 15) is 8.42 Å². The molecular weight excluding hydrogens is 456 g/mol. The zero-order valence-corrected chi connectivity index (χ0v) is 21.8. The van der Waals surface area contributed by atoms with Crippen molar-refractivity contribution in [2.45, 2.75) is 63.2 Å². The van der Waals surface area contributed by atoms with Crippen LogP contribution >= 0.6 is 0 Å². The molecule has 0 amide bonds. The molecule has 0 radical (unpaired) electrons. The first-order valence-corrected chi connectivity index (χ1v) is 13.0. The molecule has 2 aliphatic heterocycles. The van der Waals surface area contributed by atoms with Crippen molar-refractivity contribution in [1.29, 1.82) is 0 Å². The molecule has 2 N–H and O–H groups in total. The third-order valence-electron chi connectivity index (χ3n) is 6.08. The number of benzene rings is 2. The van der Waals surface area contributed by atoms with Crippen LogP contribution in [0.2, 0.25) is 0 Å². The van der Waals surface area contributed by atoms with E-state index in [0.717, 1.165) is 24.3 Å². The Balaban J connectivity index is 0.000000202. The van der Waals surface area contributed by atoms with Crippen molar-refractivity contribution < 1.29 is 32.8 Å². The molecule has 2 aromatic rings. The summed E-state index contributed by atoms with van der Waals surface area (Å²) in [5.41, 5.74) is 2.03. The Morgan fingerprint density at radius 1 is 0.765 bits per heavy atom. The highest BCUT2D eigenvalue weighted by Crippen LogP contribution is 2.42. The smallest absolute Gasteiger partial charge is 0.165 e. The Kier molecular flexibility index (Phi) is 9.53. The summed E-state index contributed by atoms with van der Waals surface area (Å²) in [7, 11) is -3.26. The summed E-state index contributed by atoms with van der Waals surface area (Å²) in [4.78, 5) is 0. The molecule has 2 heterocycles. The summed E-state index contributed by atoms with van der Waals surface area (Å²) in [6, 6.07) is 13.9. The zero-order valence-electron chi connectivity index (χ0n) is 20.9. The predicted molar refractivity (Wildman–Crippen MR) is 134 cm³/mol. The quantitative estimate of drug-likeness (QED) is 0.543. The van der Waals surface area contributed by atoms with Crippen molar-refractivity contribution in [2.75, 3.05) is 26.4 Å². The van der Waals surface area contributed by atoms with Crippen LogP contribution in [0.25, 0.3) is 11.1 Å². The van der Waals surface area contributed by atoms with Gasteiger partial charge in [-0.05, 0) is 76.9 Å². The van der Waals surface area contributed by atoms with Crippen LogP contribution in [0.3, 0.4) is 0 Å². The number of aromatic hydroxyl groups is 2. The summed E-state index contributed by atoms with van der Waals surface area (Å²) >= 11 is 0. The Morgan fingerprint density at radius 2 is 1.06 bits per heavy atom. The Bertz CT molecular complexity index is 913. The fourth-order valence-electron chi connectivity index (χ4n) is 3.43. The molecule has 4 rings (SSSR count). The SMILES string of the molecule is CC(C)(C1CO1)S(=O)(=O)C(C)(C)C1CO1.CCOCC.Oc1ccc(-c2ccc(O)cc2)cc1. The molecular formula is C26H38O7S. The second-order valence-corrected chi connectivity index (χ2v) is 12.3. The number of phenols is 2. The van der Waals surface area contributed by atoms with E-state index in [1.807, 2.05) is 38.1 Å². The molecule has 2 unspecified atom stereocenters. The van der Waals surface area contributed by atoms with Gasteiger partial charge in [-0.15, -0.1) is 0 Å². The minimum Gasteiger partial charge on any atom is -0.508 e. The molecule has 7 nitrogen and oxygen atoms in total. The molecule has 2 atom stereocenters. The average Bonchev–Trinajstić information content (AvgIpc) is 3.68. The first-order chi connectivity index (χ1) is 15.9. The van der Waals surface area contributed by atoms with Crippen LogP contribution in [0, 0.1) is 0 Å². The topological polar surface area (TPSA) is 109 Å². The van der Waals surface area contributed by atoms with Gasteiger partial charge in [-0.1, -0.05) is 24.3 Å². The lowest BCUT2D eigenvalue weighted by Crippen LogP contribution is -2.51. The first kappa shape index (κ1) is 28.1. The molecule has 2 fully saturated rings. The third-order valence-corrected chi connectivity index (χ3v) is 9.38. The molecule has 34 heavy (non-hydrogen) atoms. The minimum absolute atomic E-state index is 0.152. The largest absolute Gasteiger partial charge is 0.508 e. The van der Waals surface area contributed by atoms with E-state index in [1.165, 1.54) is 0 Å². The Hall–Kier alpha value is -2.13. The van der Waals surface area contributed by atoms with Crippen LogP contribution in [0.5, 0.6) is 11.5 Å². The number of rotatable bonds is 7. The first-order valence-electron chi connectivity index (χ1n) is 11.5. The summed E-state index contributed by atoms with van der Waals surface area (Å²) in [5.74, 6) is 0.514. The van der Waals surface area contributed by atoms with Crippen LogP contribution in [-0.4, -0.2) is 66.8 Å². The summed E-state index contributed by atoms with van der Waals surface area (Å²) in [6.07, 6.45) is -0.305. The maximum Gasteiger partial charge on any atom is 0.165 e. The van der Waals surface area contributed by atoms with Crippen molar-refractivity contribution in [3.63, 3.8) is 0 Å². The number of epoxide rings is 2. The van der Waals surface area contributed by atoms with Crippen LogP contribution in [0.1, 0.15) is 41.5 Å². The number of phenolic OH excluding ortho intramolecular Hbond substituents is 2. The predicted octanol–water partition coefficient (Wildman–Crippen LogP) is 4.56.